The van der Waals surface area contributed by atoms with Crippen LogP contribution in [0.4, 0.5) is 0 Å². The van der Waals surface area contributed by atoms with E-state index in [0.717, 1.165) is 0 Å². The van der Waals surface area contributed by atoms with Crippen LogP contribution in [0.5, 0.6) is 0 Å². The maximum atomic E-state index is 11.7. The number of benzene rings is 1. The van der Waals surface area contributed by atoms with Crippen molar-refractivity contribution >= 4 is 16.9 Å². The Morgan fingerprint density at radius 1 is 1.53 bits per heavy atom. The number of nitrogens with zero attached hydrogens (tertiary/aromatic N) is 1. The van der Waals surface area contributed by atoms with E-state index in [1.807, 2.05) is 19.1 Å². The Kier molecular flexibility index (Phi) is 2.51. The van der Waals surface area contributed by atoms with E-state index in [-0.39, 0.29) is 11.7 Å². The second-order valence-electron chi connectivity index (χ2n) is 3.37. The molecule has 15 heavy (non-hydrogen) atoms. The monoisotopic (exact) mass is 204 g/mol. The first kappa shape index (κ1) is 9.86. The summed E-state index contributed by atoms with van der Waals surface area (Å²) >= 11 is 0. The summed E-state index contributed by atoms with van der Waals surface area (Å²) in [6.07, 6.45) is 0.581. The van der Waals surface area contributed by atoms with Gasteiger partial charge in [0.1, 0.15) is 5.52 Å². The number of rotatable bonds is 3. The van der Waals surface area contributed by atoms with Crippen LogP contribution in [0.1, 0.15) is 24.0 Å². The Morgan fingerprint density at radius 2 is 2.27 bits per heavy atom. The highest BCUT2D eigenvalue weighted by Crippen LogP contribution is 2.15. The van der Waals surface area contributed by atoms with E-state index in [0.29, 0.717) is 17.5 Å². The van der Waals surface area contributed by atoms with E-state index in [1.54, 1.807) is 12.1 Å². The van der Waals surface area contributed by atoms with Crippen LogP contribution in [0.3, 0.4) is 0 Å². The Morgan fingerprint density at radius 3 is 2.93 bits per heavy atom. The number of fused-ring (bicyclic) bond motifs is 1. The van der Waals surface area contributed by atoms with Crippen molar-refractivity contribution in [1.82, 2.24) is 4.98 Å². The minimum Gasteiger partial charge on any atom is -0.434 e. The first-order valence-corrected chi connectivity index (χ1v) is 4.87. The minimum absolute atomic E-state index is 0.102. The molecule has 1 heterocycles. The Labute approximate surface area is 87.1 Å². The standard InChI is InChI=1S/C11H12N2O2/c1-2-7(12)10(14)11-13-8-5-3-4-6-9(8)15-11/h3-7H,2,12H2,1H3/t7-/m1/s1. The number of para-hydroxylation sites is 2. The minimum atomic E-state index is -0.530. The summed E-state index contributed by atoms with van der Waals surface area (Å²) in [7, 11) is 0. The van der Waals surface area contributed by atoms with Crippen molar-refractivity contribution in [2.45, 2.75) is 19.4 Å². The van der Waals surface area contributed by atoms with Gasteiger partial charge in [-0.25, -0.2) is 4.98 Å². The smallest absolute Gasteiger partial charge is 0.265 e. The predicted octanol–water partition coefficient (Wildman–Crippen LogP) is 1.75. The number of Topliss-reactive ketones (excluding diaryl/α,β-unsaturated/α-hetero) is 1. The Balaban J connectivity index is 2.41. The zero-order chi connectivity index (χ0) is 10.8. The van der Waals surface area contributed by atoms with Crippen molar-refractivity contribution < 1.29 is 9.21 Å². The van der Waals surface area contributed by atoms with Crippen molar-refractivity contribution in [3.63, 3.8) is 0 Å². The summed E-state index contributed by atoms with van der Waals surface area (Å²) in [5, 5.41) is 0. The summed E-state index contributed by atoms with van der Waals surface area (Å²) in [5.74, 6) is -0.140. The molecule has 1 atom stereocenters. The molecule has 2 rings (SSSR count). The van der Waals surface area contributed by atoms with E-state index in [1.165, 1.54) is 0 Å². The molecule has 0 saturated heterocycles. The van der Waals surface area contributed by atoms with Crippen molar-refractivity contribution in [1.29, 1.82) is 0 Å². The Hall–Kier alpha value is -1.68. The summed E-state index contributed by atoms with van der Waals surface area (Å²) < 4.78 is 5.31. The number of carbonyl (C=O) groups excluding carboxylic acids is 1. The topological polar surface area (TPSA) is 69.1 Å². The summed E-state index contributed by atoms with van der Waals surface area (Å²) in [6, 6.07) is 6.72. The van der Waals surface area contributed by atoms with E-state index >= 15 is 0 Å². The van der Waals surface area contributed by atoms with Crippen LogP contribution in [-0.4, -0.2) is 16.8 Å². The number of ketones is 1. The molecule has 1 aromatic carbocycles. The lowest BCUT2D eigenvalue weighted by Crippen LogP contribution is -2.29. The van der Waals surface area contributed by atoms with Crippen LogP contribution in [0.15, 0.2) is 28.7 Å². The molecular formula is C11H12N2O2. The molecule has 1 aromatic heterocycles. The molecule has 0 bridgehead atoms. The third-order valence-corrected chi connectivity index (χ3v) is 2.28. The molecule has 0 spiro atoms. The molecule has 0 saturated carbocycles. The van der Waals surface area contributed by atoms with E-state index in [4.69, 9.17) is 10.2 Å². The third kappa shape index (κ3) is 1.76. The molecule has 0 aliphatic heterocycles. The zero-order valence-electron chi connectivity index (χ0n) is 8.43. The highest BCUT2D eigenvalue weighted by atomic mass is 16.4. The van der Waals surface area contributed by atoms with E-state index in [2.05, 4.69) is 4.98 Å². The number of carbonyl (C=O) groups is 1. The van der Waals surface area contributed by atoms with Crippen molar-refractivity contribution in [3.8, 4) is 0 Å². The molecule has 0 aliphatic rings. The van der Waals surface area contributed by atoms with Crippen LogP contribution in [0.25, 0.3) is 11.1 Å². The van der Waals surface area contributed by atoms with Gasteiger partial charge in [0.15, 0.2) is 5.58 Å². The Bertz CT molecular complexity index is 457. The largest absolute Gasteiger partial charge is 0.434 e. The van der Waals surface area contributed by atoms with Crippen LogP contribution < -0.4 is 5.73 Å². The van der Waals surface area contributed by atoms with Crippen molar-refractivity contribution in [2.24, 2.45) is 5.73 Å². The maximum Gasteiger partial charge on any atom is 0.265 e. The molecule has 0 amide bonds. The summed E-state index contributed by atoms with van der Waals surface area (Å²) in [6.45, 7) is 1.85. The predicted molar refractivity (Wildman–Crippen MR) is 56.6 cm³/mol. The second-order valence-corrected chi connectivity index (χ2v) is 3.37. The molecule has 0 radical (unpaired) electrons. The molecule has 0 aliphatic carbocycles. The van der Waals surface area contributed by atoms with Gasteiger partial charge in [-0.1, -0.05) is 19.1 Å². The van der Waals surface area contributed by atoms with Gasteiger partial charge in [-0.05, 0) is 18.6 Å². The lowest BCUT2D eigenvalue weighted by molar-refractivity contribution is 0.0927. The van der Waals surface area contributed by atoms with Crippen LogP contribution in [0.2, 0.25) is 0 Å². The van der Waals surface area contributed by atoms with Crippen LogP contribution in [-0.2, 0) is 0 Å². The van der Waals surface area contributed by atoms with Crippen molar-refractivity contribution in [2.75, 3.05) is 0 Å². The normalized spacial score (nSPS) is 12.9. The van der Waals surface area contributed by atoms with E-state index < -0.39 is 6.04 Å². The number of nitrogens with two attached hydrogens (primary N) is 1. The number of hydrogen-bond donors (Lipinski definition) is 1. The fourth-order valence-electron chi connectivity index (χ4n) is 1.32. The molecule has 4 nitrogen and oxygen atoms in total. The average molecular weight is 204 g/mol. The van der Waals surface area contributed by atoms with Crippen LogP contribution >= 0.6 is 0 Å². The summed E-state index contributed by atoms with van der Waals surface area (Å²) in [4.78, 5) is 15.7. The van der Waals surface area contributed by atoms with Gasteiger partial charge in [-0.2, -0.15) is 0 Å². The number of aromatic nitrogens is 1. The molecule has 2 aromatic rings. The highest BCUT2D eigenvalue weighted by Gasteiger charge is 2.19. The summed E-state index contributed by atoms with van der Waals surface area (Å²) in [5.41, 5.74) is 6.92. The third-order valence-electron chi connectivity index (χ3n) is 2.28. The zero-order valence-corrected chi connectivity index (χ0v) is 8.43. The first-order chi connectivity index (χ1) is 7.22. The van der Waals surface area contributed by atoms with Gasteiger partial charge in [-0.3, -0.25) is 4.79 Å². The molecule has 4 heteroatoms. The fourth-order valence-corrected chi connectivity index (χ4v) is 1.32. The number of hydrogen-bond acceptors (Lipinski definition) is 4. The molecule has 78 valence electrons. The van der Waals surface area contributed by atoms with Gasteiger partial charge in [0.25, 0.3) is 5.89 Å². The molecule has 2 N–H and O–H groups in total. The van der Waals surface area contributed by atoms with Crippen LogP contribution in [0, 0.1) is 0 Å². The lowest BCUT2D eigenvalue weighted by Gasteiger charge is -2.02. The molecule has 0 unspecified atom stereocenters. The van der Waals surface area contributed by atoms with Gasteiger partial charge in [0, 0.05) is 0 Å². The lowest BCUT2D eigenvalue weighted by atomic mass is 10.1. The second kappa shape index (κ2) is 3.82. The first-order valence-electron chi connectivity index (χ1n) is 4.87. The van der Waals surface area contributed by atoms with Gasteiger partial charge in [0.05, 0.1) is 6.04 Å². The highest BCUT2D eigenvalue weighted by molar-refractivity contribution is 5.97. The SMILES string of the molecule is CC[C@@H](N)C(=O)c1nc2ccccc2o1. The molecule has 0 fully saturated rings. The quantitative estimate of drug-likeness (QED) is 0.773. The van der Waals surface area contributed by atoms with Gasteiger partial charge in [-0.15, -0.1) is 0 Å². The molecular weight excluding hydrogens is 192 g/mol. The average Bonchev–Trinajstić information content (AvgIpc) is 2.70. The van der Waals surface area contributed by atoms with Gasteiger partial charge < -0.3 is 10.2 Å². The fraction of sp³-hybridized carbons (Fsp3) is 0.273. The maximum absolute atomic E-state index is 11.7. The van der Waals surface area contributed by atoms with Gasteiger partial charge in [0.2, 0.25) is 5.78 Å². The van der Waals surface area contributed by atoms with E-state index in [9.17, 15) is 4.79 Å². The van der Waals surface area contributed by atoms with Gasteiger partial charge >= 0.3 is 0 Å². The van der Waals surface area contributed by atoms with Crippen molar-refractivity contribution in [3.05, 3.63) is 30.2 Å². The number of oxazole rings is 1.